The van der Waals surface area contributed by atoms with Crippen molar-refractivity contribution < 1.29 is 14.1 Å². The van der Waals surface area contributed by atoms with Gasteiger partial charge in [0.2, 0.25) is 0 Å². The van der Waals surface area contributed by atoms with Crippen LogP contribution in [0.15, 0.2) is 16.8 Å². The number of nitrogen functional groups attached to an aromatic ring is 1. The second-order valence-electron chi connectivity index (χ2n) is 3.67. The number of ether oxygens (including phenoxy) is 1. The van der Waals surface area contributed by atoms with Gasteiger partial charge in [0.25, 0.3) is 0 Å². The Balaban J connectivity index is 2.39. The van der Waals surface area contributed by atoms with Gasteiger partial charge in [-0.25, -0.2) is 9.78 Å². The van der Waals surface area contributed by atoms with Crippen molar-refractivity contribution in [1.82, 2.24) is 14.7 Å². The maximum absolute atomic E-state index is 11.5. The molecule has 0 spiro atoms. The molecule has 2 aromatic rings. The number of hydrogen-bond acceptors (Lipinski definition) is 6. The molecule has 0 amide bonds. The molecule has 0 saturated heterocycles. The van der Waals surface area contributed by atoms with Crippen LogP contribution in [0.2, 0.25) is 0 Å². The molecule has 18 heavy (non-hydrogen) atoms. The summed E-state index contributed by atoms with van der Waals surface area (Å²) in [5.74, 6) is 1.07. The standard InChI is InChI=1S/C11H14N4O3/c1-3-8-14-9(11(16)17-2)10(12)15(8)6-7-4-5-13-18-7/h4-5H,3,6,12H2,1-2H3. The second kappa shape index (κ2) is 4.91. The minimum atomic E-state index is -0.543. The van der Waals surface area contributed by atoms with E-state index in [0.29, 0.717) is 24.6 Å². The molecule has 2 N–H and O–H groups in total. The molecule has 0 unspecified atom stereocenters. The summed E-state index contributed by atoms with van der Waals surface area (Å²) in [4.78, 5) is 15.7. The van der Waals surface area contributed by atoms with Gasteiger partial charge >= 0.3 is 5.97 Å². The molecule has 0 bridgehead atoms. The topological polar surface area (TPSA) is 96.2 Å². The highest BCUT2D eigenvalue weighted by molar-refractivity contribution is 5.92. The summed E-state index contributed by atoms with van der Waals surface area (Å²) in [5.41, 5.74) is 6.04. The Morgan fingerprint density at radius 3 is 2.94 bits per heavy atom. The van der Waals surface area contributed by atoms with E-state index in [0.717, 1.165) is 0 Å². The molecule has 2 aromatic heterocycles. The molecule has 0 fully saturated rings. The van der Waals surface area contributed by atoms with Crippen molar-refractivity contribution in [2.24, 2.45) is 0 Å². The van der Waals surface area contributed by atoms with Gasteiger partial charge in [-0.1, -0.05) is 12.1 Å². The van der Waals surface area contributed by atoms with Crippen molar-refractivity contribution in [3.05, 3.63) is 29.5 Å². The summed E-state index contributed by atoms with van der Waals surface area (Å²) in [7, 11) is 1.29. The van der Waals surface area contributed by atoms with Crippen LogP contribution >= 0.6 is 0 Å². The molecule has 2 rings (SSSR count). The number of imidazole rings is 1. The highest BCUT2D eigenvalue weighted by Crippen LogP contribution is 2.18. The van der Waals surface area contributed by atoms with Crippen LogP contribution in [-0.4, -0.2) is 27.8 Å². The fraction of sp³-hybridized carbons (Fsp3) is 0.364. The molecular formula is C11H14N4O3. The zero-order valence-electron chi connectivity index (χ0n) is 10.2. The third-order valence-electron chi connectivity index (χ3n) is 2.59. The van der Waals surface area contributed by atoms with E-state index < -0.39 is 5.97 Å². The number of nitrogens with two attached hydrogens (primary N) is 1. The van der Waals surface area contributed by atoms with Gasteiger partial charge < -0.3 is 19.6 Å². The van der Waals surface area contributed by atoms with Crippen molar-refractivity contribution >= 4 is 11.8 Å². The van der Waals surface area contributed by atoms with E-state index in [1.165, 1.54) is 7.11 Å². The minimum Gasteiger partial charge on any atom is -0.464 e. The van der Waals surface area contributed by atoms with Crippen LogP contribution in [0.1, 0.15) is 29.0 Å². The number of nitrogens with zero attached hydrogens (tertiary/aromatic N) is 3. The Morgan fingerprint density at radius 1 is 1.61 bits per heavy atom. The summed E-state index contributed by atoms with van der Waals surface area (Å²) in [6, 6.07) is 1.73. The molecule has 0 aliphatic carbocycles. The molecule has 0 aliphatic heterocycles. The molecular weight excluding hydrogens is 236 g/mol. The summed E-state index contributed by atoms with van der Waals surface area (Å²) in [6.07, 6.45) is 2.20. The molecule has 0 saturated carbocycles. The summed E-state index contributed by atoms with van der Waals surface area (Å²) < 4.78 is 11.4. The van der Waals surface area contributed by atoms with Crippen LogP contribution in [0.4, 0.5) is 5.82 Å². The first-order chi connectivity index (χ1) is 8.67. The lowest BCUT2D eigenvalue weighted by atomic mass is 10.4. The highest BCUT2D eigenvalue weighted by atomic mass is 16.5. The lowest BCUT2D eigenvalue weighted by molar-refractivity contribution is 0.0595. The fourth-order valence-electron chi connectivity index (χ4n) is 1.69. The highest BCUT2D eigenvalue weighted by Gasteiger charge is 2.20. The third kappa shape index (κ3) is 2.06. The molecule has 0 atom stereocenters. The SMILES string of the molecule is CCc1nc(C(=O)OC)c(N)n1Cc1ccno1. The van der Waals surface area contributed by atoms with Crippen molar-refractivity contribution in [2.45, 2.75) is 19.9 Å². The van der Waals surface area contributed by atoms with Crippen LogP contribution in [-0.2, 0) is 17.7 Å². The average molecular weight is 250 g/mol. The molecule has 7 nitrogen and oxygen atoms in total. The Kier molecular flexibility index (Phi) is 3.31. The lowest BCUT2D eigenvalue weighted by Crippen LogP contribution is -2.09. The average Bonchev–Trinajstić information content (AvgIpc) is 2.99. The molecule has 0 aliphatic rings. The Labute approximate surface area is 104 Å². The van der Waals surface area contributed by atoms with Gasteiger partial charge in [0.15, 0.2) is 11.5 Å². The van der Waals surface area contributed by atoms with Gasteiger partial charge in [-0.05, 0) is 0 Å². The van der Waals surface area contributed by atoms with E-state index in [4.69, 9.17) is 10.3 Å². The minimum absolute atomic E-state index is 0.133. The van der Waals surface area contributed by atoms with Crippen LogP contribution in [0.5, 0.6) is 0 Å². The molecule has 0 radical (unpaired) electrons. The number of esters is 1. The number of anilines is 1. The first-order valence-corrected chi connectivity index (χ1v) is 5.50. The van der Waals surface area contributed by atoms with Gasteiger partial charge in [-0.15, -0.1) is 0 Å². The molecule has 2 heterocycles. The number of carbonyl (C=O) groups excluding carboxylic acids is 1. The number of aryl methyl sites for hydroxylation is 1. The quantitative estimate of drug-likeness (QED) is 0.808. The molecule has 0 aromatic carbocycles. The number of methoxy groups -OCH3 is 1. The van der Waals surface area contributed by atoms with Crippen LogP contribution < -0.4 is 5.73 Å². The van der Waals surface area contributed by atoms with Gasteiger partial charge in [0.1, 0.15) is 11.6 Å². The van der Waals surface area contributed by atoms with Crippen LogP contribution in [0.3, 0.4) is 0 Å². The van der Waals surface area contributed by atoms with Crippen molar-refractivity contribution in [3.8, 4) is 0 Å². The number of carbonyl (C=O) groups is 1. The third-order valence-corrected chi connectivity index (χ3v) is 2.59. The van der Waals surface area contributed by atoms with Gasteiger partial charge in [0, 0.05) is 12.5 Å². The molecule has 96 valence electrons. The van der Waals surface area contributed by atoms with E-state index >= 15 is 0 Å². The summed E-state index contributed by atoms with van der Waals surface area (Å²) in [6.45, 7) is 2.32. The predicted molar refractivity (Wildman–Crippen MR) is 63.0 cm³/mol. The van der Waals surface area contributed by atoms with Gasteiger partial charge in [-0.3, -0.25) is 0 Å². The van der Waals surface area contributed by atoms with E-state index in [1.807, 2.05) is 6.92 Å². The predicted octanol–water partition coefficient (Wildman–Crippen LogP) is 0.851. The van der Waals surface area contributed by atoms with Crippen LogP contribution in [0.25, 0.3) is 0 Å². The van der Waals surface area contributed by atoms with E-state index in [9.17, 15) is 4.79 Å². The monoisotopic (exact) mass is 250 g/mol. The van der Waals surface area contributed by atoms with Crippen molar-refractivity contribution in [1.29, 1.82) is 0 Å². The van der Waals surface area contributed by atoms with Gasteiger partial charge in [-0.2, -0.15) is 0 Å². The van der Waals surface area contributed by atoms with Crippen LogP contribution in [0, 0.1) is 0 Å². The summed E-state index contributed by atoms with van der Waals surface area (Å²) in [5, 5.41) is 3.62. The summed E-state index contributed by atoms with van der Waals surface area (Å²) >= 11 is 0. The zero-order chi connectivity index (χ0) is 13.1. The second-order valence-corrected chi connectivity index (χ2v) is 3.67. The Hall–Kier alpha value is -2.31. The fourth-order valence-corrected chi connectivity index (χ4v) is 1.69. The number of rotatable bonds is 4. The largest absolute Gasteiger partial charge is 0.464 e. The smallest absolute Gasteiger partial charge is 0.360 e. The Bertz CT molecular complexity index is 545. The lowest BCUT2D eigenvalue weighted by Gasteiger charge is -2.05. The first-order valence-electron chi connectivity index (χ1n) is 5.50. The maximum Gasteiger partial charge on any atom is 0.360 e. The van der Waals surface area contributed by atoms with Crippen molar-refractivity contribution in [3.63, 3.8) is 0 Å². The van der Waals surface area contributed by atoms with Gasteiger partial charge in [0.05, 0.1) is 19.9 Å². The van der Waals surface area contributed by atoms with E-state index in [-0.39, 0.29) is 11.5 Å². The number of aromatic nitrogens is 3. The van der Waals surface area contributed by atoms with E-state index in [2.05, 4.69) is 14.9 Å². The van der Waals surface area contributed by atoms with E-state index in [1.54, 1.807) is 16.8 Å². The van der Waals surface area contributed by atoms with Crippen molar-refractivity contribution in [2.75, 3.05) is 12.8 Å². The normalized spacial score (nSPS) is 10.6. The zero-order valence-corrected chi connectivity index (χ0v) is 10.2. The molecule has 7 heteroatoms. The maximum atomic E-state index is 11.5. The number of hydrogen-bond donors (Lipinski definition) is 1. The first kappa shape index (κ1) is 12.2. The Morgan fingerprint density at radius 2 is 2.39 bits per heavy atom.